The average molecular weight is 463 g/mol. The van der Waals surface area contributed by atoms with Gasteiger partial charge < -0.3 is 15.4 Å². The molecule has 0 spiro atoms. The predicted octanol–water partition coefficient (Wildman–Crippen LogP) is 2.38. The van der Waals surface area contributed by atoms with E-state index in [4.69, 9.17) is 4.74 Å². The van der Waals surface area contributed by atoms with E-state index >= 15 is 0 Å². The van der Waals surface area contributed by atoms with E-state index in [0.29, 0.717) is 11.3 Å². The van der Waals surface area contributed by atoms with Crippen molar-refractivity contribution in [3.8, 4) is 0 Å². The Hall–Kier alpha value is -4.01. The minimum absolute atomic E-state index is 0.209. The number of hydrogen-bond acceptors (Lipinski definition) is 6. The number of amides is 4. The molecule has 2 aromatic carbocycles. The zero-order valence-corrected chi connectivity index (χ0v) is 18.9. The van der Waals surface area contributed by atoms with Crippen LogP contribution in [-0.2, 0) is 14.3 Å². The summed E-state index contributed by atoms with van der Waals surface area (Å²) in [4.78, 5) is 63.8. The van der Waals surface area contributed by atoms with Crippen molar-refractivity contribution in [1.29, 1.82) is 0 Å². The number of hydrogen-bond donors (Lipinski definition) is 2. The van der Waals surface area contributed by atoms with Crippen LogP contribution in [0.15, 0.2) is 48.5 Å². The Bertz CT molecular complexity index is 1140. The molecule has 1 atom stereocenters. The molecule has 0 saturated heterocycles. The first-order chi connectivity index (χ1) is 16.3. The summed E-state index contributed by atoms with van der Waals surface area (Å²) in [5.74, 6) is -3.25. The first-order valence-electron chi connectivity index (χ1n) is 11.1. The van der Waals surface area contributed by atoms with Crippen molar-refractivity contribution in [3.05, 3.63) is 65.2 Å². The van der Waals surface area contributed by atoms with Gasteiger partial charge in [-0.1, -0.05) is 32.0 Å². The Morgan fingerprint density at radius 3 is 2.24 bits per heavy atom. The van der Waals surface area contributed by atoms with E-state index in [1.165, 1.54) is 18.2 Å². The topological polar surface area (TPSA) is 122 Å². The first kappa shape index (κ1) is 23.2. The zero-order valence-electron chi connectivity index (χ0n) is 18.9. The number of nitrogens with zero attached hydrogens (tertiary/aromatic N) is 1. The molecule has 2 aliphatic rings. The monoisotopic (exact) mass is 463 g/mol. The average Bonchev–Trinajstić information content (AvgIpc) is 3.60. The Balaban J connectivity index is 1.37. The normalized spacial score (nSPS) is 15.7. The Morgan fingerprint density at radius 1 is 1.00 bits per heavy atom. The van der Waals surface area contributed by atoms with E-state index in [2.05, 4.69) is 10.6 Å². The maximum atomic E-state index is 12.8. The number of imide groups is 1. The molecule has 0 radical (unpaired) electrons. The highest BCUT2D eigenvalue weighted by Gasteiger charge is 2.44. The fourth-order valence-electron chi connectivity index (χ4n) is 3.79. The molecule has 4 rings (SSSR count). The van der Waals surface area contributed by atoms with Crippen molar-refractivity contribution >= 4 is 35.3 Å². The Labute approximate surface area is 196 Å². The Morgan fingerprint density at radius 2 is 1.65 bits per heavy atom. The number of benzene rings is 2. The third-order valence-electron chi connectivity index (χ3n) is 5.64. The van der Waals surface area contributed by atoms with Crippen LogP contribution in [0.4, 0.5) is 5.69 Å². The number of carbonyl (C=O) groups excluding carboxylic acids is 5. The SMILES string of the molecule is CC(C)[C@@H](C(=O)OCC(=O)Nc1cccc(C(=O)NC2CC2)c1)N1C(=O)c2ccccc2C1=O. The highest BCUT2D eigenvalue weighted by atomic mass is 16.5. The quantitative estimate of drug-likeness (QED) is 0.458. The molecule has 9 nitrogen and oxygen atoms in total. The number of anilines is 1. The van der Waals surface area contributed by atoms with Crippen LogP contribution in [0.1, 0.15) is 57.8 Å². The van der Waals surface area contributed by atoms with E-state index in [-0.39, 0.29) is 23.1 Å². The van der Waals surface area contributed by atoms with Gasteiger partial charge in [-0.25, -0.2) is 4.79 Å². The molecule has 2 N–H and O–H groups in total. The summed E-state index contributed by atoms with van der Waals surface area (Å²) in [6.07, 6.45) is 1.93. The number of carbonyl (C=O) groups is 5. The lowest BCUT2D eigenvalue weighted by atomic mass is 10.0. The van der Waals surface area contributed by atoms with Crippen LogP contribution in [0.3, 0.4) is 0 Å². The molecule has 34 heavy (non-hydrogen) atoms. The molecule has 0 aromatic heterocycles. The van der Waals surface area contributed by atoms with Gasteiger partial charge in [-0.2, -0.15) is 0 Å². The summed E-state index contributed by atoms with van der Waals surface area (Å²) < 4.78 is 5.17. The lowest BCUT2D eigenvalue weighted by Crippen LogP contribution is -2.49. The number of esters is 1. The highest BCUT2D eigenvalue weighted by molar-refractivity contribution is 6.22. The molecule has 4 amide bonds. The first-order valence-corrected chi connectivity index (χ1v) is 11.1. The van der Waals surface area contributed by atoms with Gasteiger partial charge in [0.25, 0.3) is 23.6 Å². The Kier molecular flexibility index (Phi) is 6.45. The summed E-state index contributed by atoms with van der Waals surface area (Å²) >= 11 is 0. The van der Waals surface area contributed by atoms with Crippen molar-refractivity contribution in [2.75, 3.05) is 11.9 Å². The van der Waals surface area contributed by atoms with Crippen LogP contribution >= 0.6 is 0 Å². The standard InChI is InChI=1S/C25H25N3O6/c1-14(2)21(28-23(31)18-8-3-4-9-19(18)24(28)32)25(33)34-13-20(29)26-17-7-5-6-15(12-17)22(30)27-16-10-11-16/h3-9,12,14,16,21H,10-11,13H2,1-2H3,(H,26,29)(H,27,30)/t21-/m0/s1. The molecule has 9 heteroatoms. The van der Waals surface area contributed by atoms with Crippen LogP contribution in [-0.4, -0.2) is 53.2 Å². The van der Waals surface area contributed by atoms with Gasteiger partial charge in [-0.3, -0.25) is 24.1 Å². The number of rotatable bonds is 8. The second-order valence-electron chi connectivity index (χ2n) is 8.70. The maximum Gasteiger partial charge on any atom is 0.330 e. The van der Waals surface area contributed by atoms with Gasteiger partial charge in [-0.05, 0) is 49.1 Å². The van der Waals surface area contributed by atoms with E-state index in [0.717, 1.165) is 17.7 Å². The lowest BCUT2D eigenvalue weighted by molar-refractivity contribution is -0.152. The summed E-state index contributed by atoms with van der Waals surface area (Å²) in [7, 11) is 0. The molecule has 1 aliphatic heterocycles. The second kappa shape index (κ2) is 9.46. The van der Waals surface area contributed by atoms with E-state index in [1.807, 2.05) is 0 Å². The largest absolute Gasteiger partial charge is 0.454 e. The molecule has 0 unspecified atom stereocenters. The van der Waals surface area contributed by atoms with Gasteiger partial charge in [0.15, 0.2) is 6.61 Å². The highest BCUT2D eigenvalue weighted by Crippen LogP contribution is 2.27. The molecule has 1 aliphatic carbocycles. The lowest BCUT2D eigenvalue weighted by Gasteiger charge is -2.27. The third-order valence-corrected chi connectivity index (χ3v) is 5.64. The smallest absolute Gasteiger partial charge is 0.330 e. The van der Waals surface area contributed by atoms with Crippen molar-refractivity contribution < 1.29 is 28.7 Å². The van der Waals surface area contributed by atoms with Crippen LogP contribution in [0.5, 0.6) is 0 Å². The van der Waals surface area contributed by atoms with Gasteiger partial charge in [0.2, 0.25) is 0 Å². The fraction of sp³-hybridized carbons (Fsp3) is 0.320. The summed E-state index contributed by atoms with van der Waals surface area (Å²) in [5.41, 5.74) is 1.25. The number of fused-ring (bicyclic) bond motifs is 1. The van der Waals surface area contributed by atoms with Crippen LogP contribution in [0.25, 0.3) is 0 Å². The third kappa shape index (κ3) is 4.83. The van der Waals surface area contributed by atoms with Crippen molar-refractivity contribution in [1.82, 2.24) is 10.2 Å². The maximum absolute atomic E-state index is 12.8. The van der Waals surface area contributed by atoms with Gasteiger partial charge in [0.1, 0.15) is 6.04 Å². The summed E-state index contributed by atoms with van der Waals surface area (Å²) in [5, 5.41) is 5.46. The van der Waals surface area contributed by atoms with E-state index < -0.39 is 42.3 Å². The number of ether oxygens (including phenoxy) is 1. The zero-order chi connectivity index (χ0) is 24.4. The van der Waals surface area contributed by atoms with Crippen molar-refractivity contribution in [2.24, 2.45) is 5.92 Å². The number of nitrogens with one attached hydrogen (secondary N) is 2. The van der Waals surface area contributed by atoms with Crippen LogP contribution in [0.2, 0.25) is 0 Å². The summed E-state index contributed by atoms with van der Waals surface area (Å²) in [6.45, 7) is 2.77. The van der Waals surface area contributed by atoms with E-state index in [1.54, 1.807) is 44.2 Å². The fourth-order valence-corrected chi connectivity index (χ4v) is 3.79. The minimum atomic E-state index is -1.17. The van der Waals surface area contributed by atoms with Gasteiger partial charge >= 0.3 is 5.97 Å². The minimum Gasteiger partial charge on any atom is -0.454 e. The van der Waals surface area contributed by atoms with Gasteiger partial charge in [-0.15, -0.1) is 0 Å². The molecule has 2 aromatic rings. The van der Waals surface area contributed by atoms with E-state index in [9.17, 15) is 24.0 Å². The van der Waals surface area contributed by atoms with Crippen molar-refractivity contribution in [3.63, 3.8) is 0 Å². The van der Waals surface area contributed by atoms with Gasteiger partial charge in [0.05, 0.1) is 11.1 Å². The molecule has 0 bridgehead atoms. The predicted molar refractivity (Wildman–Crippen MR) is 122 cm³/mol. The second-order valence-corrected chi connectivity index (χ2v) is 8.70. The van der Waals surface area contributed by atoms with Crippen LogP contribution in [0, 0.1) is 5.92 Å². The molecular formula is C25H25N3O6. The molecule has 1 heterocycles. The van der Waals surface area contributed by atoms with Gasteiger partial charge in [0, 0.05) is 17.3 Å². The summed E-state index contributed by atoms with van der Waals surface area (Å²) in [6, 6.07) is 11.8. The molecular weight excluding hydrogens is 438 g/mol. The molecule has 176 valence electrons. The van der Waals surface area contributed by atoms with Crippen molar-refractivity contribution in [2.45, 2.75) is 38.8 Å². The van der Waals surface area contributed by atoms with Crippen LogP contribution < -0.4 is 10.6 Å². The molecule has 1 fully saturated rings. The molecule has 1 saturated carbocycles.